The molecule has 0 rings (SSSR count). The summed E-state index contributed by atoms with van der Waals surface area (Å²) in [6.45, 7) is 11.1. The average Bonchev–Trinajstić information content (AvgIpc) is 2.59. The molecule has 0 aromatic carbocycles. The Labute approximate surface area is 152 Å². The summed E-state index contributed by atoms with van der Waals surface area (Å²) in [6.07, 6.45) is 16.4. The number of carbonyl (C=O) groups is 1. The molecular formula is C21H45O2P. The SMILES string of the molecule is CCCCCC(CC)C(=O)O[PH](CCCC)(CCCC)CCCC. The molecule has 0 N–H and O–H groups in total. The molecule has 0 aliphatic carbocycles. The summed E-state index contributed by atoms with van der Waals surface area (Å²) in [6, 6.07) is 0. The van der Waals surface area contributed by atoms with Gasteiger partial charge >= 0.3 is 152 Å². The number of hydrogen-bond donors (Lipinski definition) is 0. The fraction of sp³-hybridized carbons (Fsp3) is 0.952. The van der Waals surface area contributed by atoms with Crippen molar-refractivity contribution in [3.8, 4) is 0 Å². The van der Waals surface area contributed by atoms with E-state index in [-0.39, 0.29) is 11.9 Å². The van der Waals surface area contributed by atoms with Gasteiger partial charge in [-0.25, -0.2) is 0 Å². The molecule has 0 aliphatic heterocycles. The molecule has 0 bridgehead atoms. The van der Waals surface area contributed by atoms with E-state index in [1.165, 1.54) is 69.9 Å². The quantitative estimate of drug-likeness (QED) is 0.215. The number of rotatable bonds is 16. The molecule has 2 nitrogen and oxygen atoms in total. The van der Waals surface area contributed by atoms with Gasteiger partial charge in [0, 0.05) is 0 Å². The topological polar surface area (TPSA) is 26.3 Å². The Morgan fingerprint density at radius 2 is 1.21 bits per heavy atom. The first kappa shape index (κ1) is 23.9. The molecule has 0 aromatic heterocycles. The molecule has 0 saturated heterocycles. The van der Waals surface area contributed by atoms with Crippen molar-refractivity contribution in [3.63, 3.8) is 0 Å². The van der Waals surface area contributed by atoms with Crippen LogP contribution in [0.1, 0.15) is 105 Å². The zero-order chi connectivity index (χ0) is 18.3. The number of carbonyl (C=O) groups excluding carboxylic acids is 1. The Hall–Kier alpha value is -0.100. The average molecular weight is 361 g/mol. The molecule has 0 fully saturated rings. The van der Waals surface area contributed by atoms with E-state index in [0.29, 0.717) is 0 Å². The summed E-state index contributed by atoms with van der Waals surface area (Å²) in [5, 5.41) is 0. The van der Waals surface area contributed by atoms with Crippen LogP contribution in [0.4, 0.5) is 0 Å². The van der Waals surface area contributed by atoms with Gasteiger partial charge in [0.15, 0.2) is 0 Å². The Bertz CT molecular complexity index is 282. The zero-order valence-electron chi connectivity index (χ0n) is 17.3. The normalized spacial score (nSPS) is 13.7. The summed E-state index contributed by atoms with van der Waals surface area (Å²) >= 11 is 0. The van der Waals surface area contributed by atoms with E-state index in [0.717, 1.165) is 19.3 Å². The molecule has 0 radical (unpaired) electrons. The van der Waals surface area contributed by atoms with E-state index in [2.05, 4.69) is 34.6 Å². The van der Waals surface area contributed by atoms with Crippen molar-refractivity contribution in [1.82, 2.24) is 0 Å². The van der Waals surface area contributed by atoms with Gasteiger partial charge in [0.2, 0.25) is 0 Å². The number of unbranched alkanes of at least 4 members (excludes halogenated alkanes) is 5. The second-order valence-corrected chi connectivity index (χ2v) is 11.6. The van der Waals surface area contributed by atoms with Gasteiger partial charge in [0.1, 0.15) is 0 Å². The Kier molecular flexibility index (Phi) is 15.1. The molecule has 0 aliphatic rings. The van der Waals surface area contributed by atoms with E-state index >= 15 is 0 Å². The predicted octanol–water partition coefficient (Wildman–Crippen LogP) is 7.20. The minimum atomic E-state index is -1.90. The predicted molar refractivity (Wildman–Crippen MR) is 112 cm³/mol. The van der Waals surface area contributed by atoms with Crippen LogP contribution in [-0.2, 0) is 9.32 Å². The summed E-state index contributed by atoms with van der Waals surface area (Å²) in [5.74, 6) is 0.275. The third kappa shape index (κ3) is 10.0. The first-order valence-corrected chi connectivity index (χ1v) is 13.3. The molecule has 1 atom stereocenters. The second-order valence-electron chi connectivity index (χ2n) is 7.52. The van der Waals surface area contributed by atoms with E-state index < -0.39 is 7.49 Å². The van der Waals surface area contributed by atoms with Crippen molar-refractivity contribution < 1.29 is 9.32 Å². The molecule has 1 unspecified atom stereocenters. The van der Waals surface area contributed by atoms with Crippen LogP contribution in [0.15, 0.2) is 0 Å². The van der Waals surface area contributed by atoms with Crippen molar-refractivity contribution in [2.45, 2.75) is 105 Å². The Morgan fingerprint density at radius 3 is 1.58 bits per heavy atom. The van der Waals surface area contributed by atoms with Gasteiger partial charge < -0.3 is 0 Å². The van der Waals surface area contributed by atoms with Crippen LogP contribution in [0.25, 0.3) is 0 Å². The van der Waals surface area contributed by atoms with Crippen molar-refractivity contribution in [3.05, 3.63) is 0 Å². The van der Waals surface area contributed by atoms with Gasteiger partial charge in [0.25, 0.3) is 0 Å². The molecule has 0 saturated carbocycles. The second kappa shape index (κ2) is 15.2. The minimum absolute atomic E-state index is 0.133. The van der Waals surface area contributed by atoms with E-state index in [4.69, 9.17) is 4.52 Å². The molecule has 0 spiro atoms. The van der Waals surface area contributed by atoms with Crippen molar-refractivity contribution in [2.75, 3.05) is 18.5 Å². The third-order valence-electron chi connectivity index (χ3n) is 5.26. The van der Waals surface area contributed by atoms with Crippen molar-refractivity contribution >= 4 is 13.5 Å². The molecule has 146 valence electrons. The van der Waals surface area contributed by atoms with Gasteiger partial charge in [-0.3, -0.25) is 0 Å². The van der Waals surface area contributed by atoms with E-state index in [1.54, 1.807) is 0 Å². The molecule has 0 heterocycles. The van der Waals surface area contributed by atoms with Crippen LogP contribution in [0.5, 0.6) is 0 Å². The van der Waals surface area contributed by atoms with Crippen LogP contribution >= 0.6 is 7.49 Å². The van der Waals surface area contributed by atoms with Crippen molar-refractivity contribution in [1.29, 1.82) is 0 Å². The maximum absolute atomic E-state index is 12.9. The summed E-state index contributed by atoms with van der Waals surface area (Å²) in [5.41, 5.74) is 0. The van der Waals surface area contributed by atoms with E-state index in [1.807, 2.05) is 0 Å². The summed E-state index contributed by atoms with van der Waals surface area (Å²) in [7, 11) is -1.90. The van der Waals surface area contributed by atoms with Gasteiger partial charge in [-0.2, -0.15) is 0 Å². The van der Waals surface area contributed by atoms with Crippen LogP contribution < -0.4 is 0 Å². The first-order chi connectivity index (χ1) is 11.6. The van der Waals surface area contributed by atoms with Gasteiger partial charge in [-0.15, -0.1) is 0 Å². The Balaban J connectivity index is 4.96. The maximum atomic E-state index is 12.9. The van der Waals surface area contributed by atoms with Gasteiger partial charge in [0.05, 0.1) is 0 Å². The molecule has 0 aromatic rings. The third-order valence-corrected chi connectivity index (χ3v) is 9.69. The number of hydrogen-bond acceptors (Lipinski definition) is 2. The fourth-order valence-electron chi connectivity index (χ4n) is 3.45. The first-order valence-electron chi connectivity index (χ1n) is 10.8. The fourth-order valence-corrected chi connectivity index (χ4v) is 8.09. The Morgan fingerprint density at radius 1 is 0.750 bits per heavy atom. The van der Waals surface area contributed by atoms with Gasteiger partial charge in [-0.1, -0.05) is 0 Å². The van der Waals surface area contributed by atoms with Crippen LogP contribution in [-0.4, -0.2) is 24.5 Å². The van der Waals surface area contributed by atoms with Crippen LogP contribution in [0, 0.1) is 5.92 Å². The van der Waals surface area contributed by atoms with Crippen molar-refractivity contribution in [2.24, 2.45) is 5.92 Å². The molecular weight excluding hydrogens is 315 g/mol. The van der Waals surface area contributed by atoms with Crippen LogP contribution in [0.3, 0.4) is 0 Å². The van der Waals surface area contributed by atoms with Crippen LogP contribution in [0.2, 0.25) is 0 Å². The molecule has 24 heavy (non-hydrogen) atoms. The molecule has 0 amide bonds. The summed E-state index contributed by atoms with van der Waals surface area (Å²) in [4.78, 5) is 12.9. The zero-order valence-corrected chi connectivity index (χ0v) is 18.3. The molecule has 3 heteroatoms. The standard InChI is InChI=1S/C21H45O2P/c1-6-11-15-16-20(10-5)21(22)23-24(17-12-7-2,18-13-8-3)19-14-9-4/h20,24H,6-19H2,1-5H3. The monoisotopic (exact) mass is 360 g/mol. The van der Waals surface area contributed by atoms with E-state index in [9.17, 15) is 4.79 Å². The summed E-state index contributed by atoms with van der Waals surface area (Å²) < 4.78 is 6.43. The van der Waals surface area contributed by atoms with Gasteiger partial charge in [-0.05, 0) is 0 Å².